The van der Waals surface area contributed by atoms with Gasteiger partial charge in [0.2, 0.25) is 24.1 Å². The van der Waals surface area contributed by atoms with Crippen molar-refractivity contribution in [2.45, 2.75) is 11.8 Å². The van der Waals surface area contributed by atoms with E-state index in [1.165, 1.54) is 32.4 Å². The number of hydrogen-bond donors (Lipinski definition) is 3. The number of aromatic nitrogens is 2. The number of hydrogen-bond acceptors (Lipinski definition) is 10. The number of nitrogens with one attached hydrogen (secondary N) is 3. The van der Waals surface area contributed by atoms with E-state index in [9.17, 15) is 18.0 Å². The molecule has 0 radical (unpaired) electrons. The molecule has 3 N–H and O–H groups in total. The molecule has 2 rings (SSSR count). The number of aryl methyl sites for hydroxylation is 1. The number of carbonyl (C=O) groups is 3. The minimum absolute atomic E-state index is 0. The molecule has 33 heavy (non-hydrogen) atoms. The summed E-state index contributed by atoms with van der Waals surface area (Å²) in [6.45, 7) is 1.64. The summed E-state index contributed by atoms with van der Waals surface area (Å²) >= 11 is 0. The Labute approximate surface area is 213 Å². The SMILES string of the molecule is CNC=O.COC(=O)c1ccc(C)cc1S(=O)(=O)NC(=O)Nc1nc(OC)cc(OC)n1.[NaH]. The summed E-state index contributed by atoms with van der Waals surface area (Å²) in [7, 11) is 0.978. The van der Waals surface area contributed by atoms with E-state index in [2.05, 4.69) is 25.3 Å². The molecule has 0 aliphatic heterocycles. The predicted molar refractivity (Wildman–Crippen MR) is 119 cm³/mol. The van der Waals surface area contributed by atoms with Crippen LogP contribution in [0.1, 0.15) is 15.9 Å². The molecule has 0 saturated carbocycles. The molecule has 0 aliphatic rings. The predicted octanol–water partition coefficient (Wildman–Crippen LogP) is -0.187. The minimum atomic E-state index is -4.40. The standard InChI is InChI=1S/C16H18N4O7S.C2H5NO.Na.H/c1-9-5-6-10(14(21)27-4)11(7-9)28(23,24)20-16(22)19-15-17-12(25-2)8-13(18-15)26-3;1-3-2-4;;/h5-8H,1-4H3,(H2,17,18,19,20,22);2H,1H3,(H,3,4);;. The van der Waals surface area contributed by atoms with Gasteiger partial charge >= 0.3 is 41.6 Å². The van der Waals surface area contributed by atoms with Crippen molar-refractivity contribution >= 4 is 63.9 Å². The number of esters is 1. The van der Waals surface area contributed by atoms with Gasteiger partial charge in [-0.15, -0.1) is 0 Å². The van der Waals surface area contributed by atoms with Gasteiger partial charge in [-0.2, -0.15) is 9.97 Å². The van der Waals surface area contributed by atoms with Crippen LogP contribution in [0.15, 0.2) is 29.2 Å². The van der Waals surface area contributed by atoms with Crippen LogP contribution in [0.25, 0.3) is 0 Å². The van der Waals surface area contributed by atoms with E-state index in [1.54, 1.807) is 24.8 Å². The molecule has 0 atom stereocenters. The summed E-state index contributed by atoms with van der Waals surface area (Å²) in [6.07, 6.45) is 0.625. The maximum absolute atomic E-state index is 12.6. The zero-order valence-electron chi connectivity index (χ0n) is 18.0. The molecule has 3 amide bonds. The van der Waals surface area contributed by atoms with Crippen LogP contribution in [-0.4, -0.2) is 94.7 Å². The summed E-state index contributed by atoms with van der Waals surface area (Å²) < 4.78 is 41.5. The van der Waals surface area contributed by atoms with Gasteiger partial charge in [-0.05, 0) is 24.6 Å². The summed E-state index contributed by atoms with van der Waals surface area (Å²) in [6, 6.07) is 4.31. The van der Waals surface area contributed by atoms with Crippen molar-refractivity contribution < 1.29 is 37.0 Å². The van der Waals surface area contributed by atoms with Gasteiger partial charge in [0.25, 0.3) is 10.0 Å². The third-order valence-electron chi connectivity index (χ3n) is 3.50. The first-order valence-corrected chi connectivity index (χ1v) is 10.2. The third kappa shape index (κ3) is 9.21. The molecule has 0 unspecified atom stereocenters. The van der Waals surface area contributed by atoms with E-state index in [4.69, 9.17) is 14.3 Å². The fourth-order valence-electron chi connectivity index (χ4n) is 2.10. The molecular weight excluding hydrogens is 469 g/mol. The molecule has 1 aromatic heterocycles. The summed E-state index contributed by atoms with van der Waals surface area (Å²) in [5, 5.41) is 4.42. The fourth-order valence-corrected chi connectivity index (χ4v) is 3.29. The van der Waals surface area contributed by atoms with Gasteiger partial charge in [-0.3, -0.25) is 10.1 Å². The molecule has 0 fully saturated rings. The number of ether oxygens (including phenoxy) is 3. The molecule has 1 aromatic carbocycles. The van der Waals surface area contributed by atoms with E-state index >= 15 is 0 Å². The monoisotopic (exact) mass is 493 g/mol. The Morgan fingerprint density at radius 3 is 2.03 bits per heavy atom. The van der Waals surface area contributed by atoms with Gasteiger partial charge < -0.3 is 19.5 Å². The summed E-state index contributed by atoms with van der Waals surface area (Å²) in [4.78, 5) is 40.4. The number of nitrogens with zero attached hydrogens (tertiary/aromatic N) is 2. The second kappa shape index (κ2) is 14.3. The Morgan fingerprint density at radius 1 is 1.03 bits per heavy atom. The zero-order valence-corrected chi connectivity index (χ0v) is 18.8. The maximum atomic E-state index is 12.6. The van der Waals surface area contributed by atoms with Gasteiger partial charge in [0.05, 0.1) is 33.0 Å². The van der Waals surface area contributed by atoms with Crippen molar-refractivity contribution in [2.24, 2.45) is 0 Å². The summed E-state index contributed by atoms with van der Waals surface area (Å²) in [5.74, 6) is -0.920. The Balaban J connectivity index is 0.00000189. The Kier molecular flexibility index (Phi) is 13.0. The Hall–Kier alpha value is -2.94. The average Bonchev–Trinajstić information content (AvgIpc) is 2.77. The van der Waals surface area contributed by atoms with Crippen LogP contribution in [0.3, 0.4) is 0 Å². The molecule has 0 spiro atoms. The number of anilines is 1. The van der Waals surface area contributed by atoms with E-state index in [-0.39, 0.29) is 52.8 Å². The van der Waals surface area contributed by atoms with Gasteiger partial charge in [0, 0.05) is 7.05 Å². The Bertz CT molecular complexity index is 1060. The number of carbonyl (C=O) groups excluding carboxylic acids is 3. The average molecular weight is 493 g/mol. The number of methoxy groups -OCH3 is 3. The molecule has 0 bridgehead atoms. The van der Waals surface area contributed by atoms with Crippen LogP contribution >= 0.6 is 0 Å². The number of rotatable bonds is 7. The van der Waals surface area contributed by atoms with Crippen molar-refractivity contribution in [3.63, 3.8) is 0 Å². The number of sulfonamides is 1. The first kappa shape index (κ1) is 30.1. The van der Waals surface area contributed by atoms with E-state index < -0.39 is 26.9 Å². The van der Waals surface area contributed by atoms with E-state index in [0.717, 1.165) is 7.11 Å². The van der Waals surface area contributed by atoms with E-state index in [0.29, 0.717) is 12.0 Å². The molecule has 13 nitrogen and oxygen atoms in total. The molecule has 0 saturated heterocycles. The van der Waals surface area contributed by atoms with Gasteiger partial charge in [-0.1, -0.05) is 6.07 Å². The van der Waals surface area contributed by atoms with Crippen molar-refractivity contribution in [2.75, 3.05) is 33.7 Å². The molecule has 176 valence electrons. The molecule has 1 heterocycles. The van der Waals surface area contributed by atoms with Crippen LogP contribution in [0.2, 0.25) is 0 Å². The van der Waals surface area contributed by atoms with Crippen molar-refractivity contribution in [1.82, 2.24) is 20.0 Å². The summed E-state index contributed by atoms with van der Waals surface area (Å²) in [5.41, 5.74) is 0.349. The second-order valence-electron chi connectivity index (χ2n) is 5.73. The quantitative estimate of drug-likeness (QED) is 0.266. The van der Waals surface area contributed by atoms with Crippen LogP contribution in [-0.2, 0) is 19.6 Å². The molecule has 2 aromatic rings. The topological polar surface area (TPSA) is 175 Å². The van der Waals surface area contributed by atoms with Gasteiger partial charge in [-0.25, -0.2) is 22.7 Å². The molecular formula is C18H24N5NaO8S. The van der Waals surface area contributed by atoms with Crippen LogP contribution < -0.4 is 24.8 Å². The molecule has 15 heteroatoms. The second-order valence-corrected chi connectivity index (χ2v) is 7.38. The van der Waals surface area contributed by atoms with Crippen molar-refractivity contribution in [3.05, 3.63) is 35.4 Å². The number of urea groups is 1. The normalized spacial score (nSPS) is 9.73. The van der Waals surface area contributed by atoms with Crippen LogP contribution in [0.4, 0.5) is 10.7 Å². The number of benzene rings is 1. The third-order valence-corrected chi connectivity index (χ3v) is 4.87. The number of amides is 3. The first-order valence-electron chi connectivity index (χ1n) is 8.72. The van der Waals surface area contributed by atoms with Crippen molar-refractivity contribution in [1.29, 1.82) is 0 Å². The zero-order chi connectivity index (χ0) is 24.3. The van der Waals surface area contributed by atoms with Gasteiger partial charge in [0.1, 0.15) is 4.90 Å². The fraction of sp³-hybridized carbons (Fsp3) is 0.278. The first-order chi connectivity index (χ1) is 15.1. The van der Waals surface area contributed by atoms with Gasteiger partial charge in [0.15, 0.2) is 0 Å². The molecule has 0 aliphatic carbocycles. The van der Waals surface area contributed by atoms with Crippen LogP contribution in [0.5, 0.6) is 11.8 Å². The Morgan fingerprint density at radius 2 is 1.58 bits per heavy atom. The van der Waals surface area contributed by atoms with E-state index in [1.807, 2.05) is 0 Å². The van der Waals surface area contributed by atoms with Crippen LogP contribution in [0, 0.1) is 6.92 Å². The van der Waals surface area contributed by atoms with Crippen molar-refractivity contribution in [3.8, 4) is 11.8 Å².